The lowest BCUT2D eigenvalue weighted by Gasteiger charge is -2.16. The summed E-state index contributed by atoms with van der Waals surface area (Å²) in [6.07, 6.45) is 13.4. The highest BCUT2D eigenvalue weighted by molar-refractivity contribution is 7.86. The van der Waals surface area contributed by atoms with Crippen molar-refractivity contribution in [2.24, 2.45) is 0 Å². The van der Waals surface area contributed by atoms with Crippen LogP contribution in [0.5, 0.6) is 0 Å². The molecule has 1 N–H and O–H groups in total. The Hall–Kier alpha value is -5.10. The molecule has 8 rings (SSSR count). The number of hydrogen-bond donors (Lipinski definition) is 1. The number of aryl methyl sites for hydroxylation is 4. The smallest absolute Gasteiger partial charge is 0.485 e. The molecule has 0 saturated heterocycles. The maximum Gasteiger partial charge on any atom is 0.485 e. The Morgan fingerprint density at radius 3 is 1.96 bits per heavy atom. The molecule has 6 aromatic rings. The van der Waals surface area contributed by atoms with Gasteiger partial charge in [-0.15, -0.1) is 0 Å². The van der Waals surface area contributed by atoms with Gasteiger partial charge in [-0.2, -0.15) is 35.5 Å². The van der Waals surface area contributed by atoms with Gasteiger partial charge in [0.05, 0.1) is 11.1 Å². The number of rotatable bonds is 2. The summed E-state index contributed by atoms with van der Waals surface area (Å²) in [6.45, 7) is 2.08. The van der Waals surface area contributed by atoms with Crippen molar-refractivity contribution in [1.29, 1.82) is 0 Å². The molecule has 0 aliphatic carbocycles. The number of alkyl halides is 6. The van der Waals surface area contributed by atoms with E-state index in [9.17, 15) is 26.3 Å². The lowest BCUT2D eigenvalue weighted by Crippen LogP contribution is -2.38. The summed E-state index contributed by atoms with van der Waals surface area (Å²) >= 11 is 0. The number of benzene rings is 3. The Labute approximate surface area is 311 Å². The molecule has 2 aliphatic heterocycles. The molecule has 0 amide bonds. The van der Waals surface area contributed by atoms with E-state index in [1.54, 1.807) is 0 Å². The first-order chi connectivity index (χ1) is 25.8. The molecule has 17 heteroatoms. The van der Waals surface area contributed by atoms with Crippen molar-refractivity contribution in [3.8, 4) is 22.5 Å². The highest BCUT2D eigenvalue weighted by atomic mass is 32.2. The van der Waals surface area contributed by atoms with Gasteiger partial charge in [0.15, 0.2) is 26.4 Å². The van der Waals surface area contributed by atoms with E-state index in [2.05, 4.69) is 117 Å². The van der Waals surface area contributed by atoms with Crippen LogP contribution >= 0.6 is 0 Å². The summed E-state index contributed by atoms with van der Waals surface area (Å²) in [5, 5.41) is 2.54. The number of nitrogens with zero attached hydrogens (tertiary/aromatic N) is 2. The lowest BCUT2D eigenvalue weighted by atomic mass is 9.87. The third-order valence-corrected chi connectivity index (χ3v) is 10.3. The summed E-state index contributed by atoms with van der Waals surface area (Å²) in [5.74, 6) is 0. The highest BCUT2D eigenvalue weighted by Gasteiger charge is 2.38. The van der Waals surface area contributed by atoms with Crippen LogP contribution in [0.15, 0.2) is 97.3 Å². The van der Waals surface area contributed by atoms with Crippen molar-refractivity contribution in [3.05, 3.63) is 120 Å². The number of H-pyrrole nitrogens is 1. The molecule has 5 heterocycles. The Bertz CT molecular complexity index is 2610. The average Bonchev–Trinajstić information content (AvgIpc) is 3.38. The maximum absolute atomic E-state index is 10.7. The van der Waals surface area contributed by atoms with Gasteiger partial charge in [0.1, 0.15) is 13.1 Å². The van der Waals surface area contributed by atoms with Crippen LogP contribution in [-0.4, -0.2) is 41.9 Å². The van der Waals surface area contributed by atoms with Crippen LogP contribution in [0.4, 0.5) is 26.3 Å². The molecule has 0 unspecified atom stereocenters. The first-order valence-corrected chi connectivity index (χ1v) is 19.5. The summed E-state index contributed by atoms with van der Waals surface area (Å²) in [4.78, 5) is 3.31. The standard InChI is InChI=1S/C36H30N3.2CHF3O3S/c1-2-10-32-29(7-1)24-30(14-12-25-13-17-31-28(23-25)18-19-37-31)36-35-27(9-6-22-39(32)36)16-15-26-8-5-21-38-20-4-3-11-33(38)34(26)35;2*2-1(3,4)8(5,6)7/h1-4,7,10-20,23-24H,5-6,8-9,21-22H2;2*(H,5,6,7)/q+1;;/p-1. The van der Waals surface area contributed by atoms with Crippen LogP contribution in [0.1, 0.15) is 35.1 Å². The number of aromatic nitrogens is 3. The fraction of sp³-hybridized carbons (Fsp3) is 0.211. The van der Waals surface area contributed by atoms with E-state index in [-0.39, 0.29) is 0 Å². The summed E-state index contributed by atoms with van der Waals surface area (Å²) in [5.41, 5.74) is 2.20. The van der Waals surface area contributed by atoms with Crippen molar-refractivity contribution in [3.63, 3.8) is 0 Å². The van der Waals surface area contributed by atoms with Gasteiger partial charge in [0.25, 0.3) is 0 Å². The molecule has 0 atom stereocenters. The fourth-order valence-corrected chi connectivity index (χ4v) is 6.80. The van der Waals surface area contributed by atoms with Crippen LogP contribution < -0.4 is 9.13 Å². The lowest BCUT2D eigenvalue weighted by molar-refractivity contribution is -0.686. The monoisotopic (exact) mass is 803 g/mol. The number of aromatic amines is 1. The Kier molecular flexibility index (Phi) is 10.9. The van der Waals surface area contributed by atoms with Crippen molar-refractivity contribution in [2.75, 3.05) is 0 Å². The van der Waals surface area contributed by atoms with Crippen molar-refractivity contribution in [2.45, 2.75) is 49.8 Å². The van der Waals surface area contributed by atoms with Crippen molar-refractivity contribution >= 4 is 54.2 Å². The van der Waals surface area contributed by atoms with Gasteiger partial charge < -0.3 is 14.1 Å². The number of halogens is 6. The molecule has 2 aliphatic rings. The quantitative estimate of drug-likeness (QED) is 0.0839. The second kappa shape index (κ2) is 15.2. The van der Waals surface area contributed by atoms with Gasteiger partial charge in [-0.1, -0.05) is 36.4 Å². The maximum atomic E-state index is 10.7. The third-order valence-electron chi connectivity index (χ3n) is 9.17. The minimum absolute atomic E-state index is 1.02. The van der Waals surface area contributed by atoms with Gasteiger partial charge in [-0.05, 0) is 77.4 Å². The second-order valence-electron chi connectivity index (χ2n) is 12.7. The molecule has 3 aromatic heterocycles. The van der Waals surface area contributed by atoms with Gasteiger partial charge in [-0.25, -0.2) is 16.8 Å². The van der Waals surface area contributed by atoms with E-state index in [1.165, 1.54) is 73.0 Å². The predicted molar refractivity (Wildman–Crippen MR) is 191 cm³/mol. The largest absolute Gasteiger partial charge is 0.741 e. The van der Waals surface area contributed by atoms with Crippen LogP contribution in [0.25, 0.3) is 56.5 Å². The van der Waals surface area contributed by atoms with Crippen molar-refractivity contribution in [1.82, 2.24) is 4.98 Å². The fourth-order valence-electron chi connectivity index (χ4n) is 6.80. The molecule has 3 aromatic carbocycles. The first-order valence-electron chi connectivity index (χ1n) is 16.7. The number of nitrogens with one attached hydrogen (secondary N) is 1. The minimum Gasteiger partial charge on any atom is -0.741 e. The average molecular weight is 804 g/mol. The number of fused-ring (bicyclic) bond motifs is 10. The summed E-state index contributed by atoms with van der Waals surface area (Å²) in [6, 6.07) is 31.6. The van der Waals surface area contributed by atoms with Gasteiger partial charge in [0.2, 0.25) is 16.9 Å². The molecule has 0 saturated carbocycles. The normalized spacial score (nSPS) is 14.3. The number of para-hydroxylation sites is 1. The van der Waals surface area contributed by atoms with E-state index in [0.717, 1.165) is 32.4 Å². The number of hydrogen-bond acceptors (Lipinski definition) is 6. The Morgan fingerprint density at radius 1 is 0.673 bits per heavy atom. The van der Waals surface area contributed by atoms with Crippen molar-refractivity contribution < 1.29 is 61.4 Å². The third kappa shape index (κ3) is 8.59. The molecule has 0 radical (unpaired) electrons. The first kappa shape index (κ1) is 39.6. The van der Waals surface area contributed by atoms with E-state index < -0.39 is 31.3 Å². The highest BCUT2D eigenvalue weighted by Crippen LogP contribution is 2.41. The summed E-state index contributed by atoms with van der Waals surface area (Å²) < 4.78 is 123. The van der Waals surface area contributed by atoms with Crippen LogP contribution in [0.3, 0.4) is 0 Å². The van der Waals surface area contributed by atoms with E-state index >= 15 is 0 Å². The summed E-state index contributed by atoms with van der Waals surface area (Å²) in [7, 11) is -12.2. The molecule has 0 bridgehead atoms. The van der Waals surface area contributed by atoms with E-state index in [0.29, 0.717) is 0 Å². The Balaban J connectivity index is 0.000000272. The molecule has 288 valence electrons. The minimum atomic E-state index is -6.09. The molecule has 9 nitrogen and oxygen atoms in total. The zero-order valence-electron chi connectivity index (χ0n) is 28.6. The van der Waals surface area contributed by atoms with Crippen LogP contribution in [-0.2, 0) is 46.2 Å². The predicted octanol–water partition coefficient (Wildman–Crippen LogP) is 7.40. The van der Waals surface area contributed by atoms with Gasteiger partial charge >= 0.3 is 11.0 Å². The molecule has 0 spiro atoms. The molecular formula is C38H31F6N3O6S2. The zero-order chi connectivity index (χ0) is 39.8. The molecular weight excluding hydrogens is 773 g/mol. The van der Waals surface area contributed by atoms with Gasteiger partial charge in [-0.3, -0.25) is 0 Å². The SMILES string of the molecule is C(=C\c1cc2ccccc2[n+]2c1-c1c(ccc3c1-c1cccc[n+]1CCC3)CCC2)/c1ccc2[nH]ccc2c1.O=S(=O)([O-])C(F)(F)F.O=S(=O)([O-])C(F)(F)F. The van der Waals surface area contributed by atoms with E-state index in [4.69, 9.17) is 25.9 Å². The van der Waals surface area contributed by atoms with Gasteiger partial charge in [0, 0.05) is 53.7 Å². The molecule has 0 fully saturated rings. The number of pyridine rings is 2. The zero-order valence-corrected chi connectivity index (χ0v) is 30.2. The van der Waals surface area contributed by atoms with Crippen LogP contribution in [0.2, 0.25) is 0 Å². The Morgan fingerprint density at radius 2 is 1.29 bits per heavy atom. The topological polar surface area (TPSA) is 138 Å². The van der Waals surface area contributed by atoms with E-state index in [1.807, 2.05) is 6.20 Å². The second-order valence-corrected chi connectivity index (χ2v) is 15.5. The molecule has 55 heavy (non-hydrogen) atoms. The van der Waals surface area contributed by atoms with Crippen LogP contribution in [0, 0.1) is 0 Å².